The van der Waals surface area contributed by atoms with E-state index in [4.69, 9.17) is 183 Å². The van der Waals surface area contributed by atoms with E-state index in [0.29, 0.717) is 78.7 Å². The summed E-state index contributed by atoms with van der Waals surface area (Å²) in [6, 6.07) is 0. The highest BCUT2D eigenvalue weighted by atomic mass is 33.8. The van der Waals surface area contributed by atoms with Crippen LogP contribution in [0.3, 0.4) is 0 Å². The molecule has 0 aromatic heterocycles. The molecule has 0 aliphatic heterocycles. The van der Waals surface area contributed by atoms with Gasteiger partial charge in [0.2, 0.25) is 0 Å². The van der Waals surface area contributed by atoms with Crippen molar-refractivity contribution < 1.29 is 66.4 Å². The highest BCUT2D eigenvalue weighted by Crippen LogP contribution is 3.07. The molecule has 0 aromatic carbocycles. The first-order valence-electron chi connectivity index (χ1n) is 30.2. The Balaban J connectivity index is 6.51. The Morgan fingerprint density at radius 1 is 0.299 bits per heavy atom. The van der Waals surface area contributed by atoms with E-state index in [1.165, 1.54) is 49.1 Å². The van der Waals surface area contributed by atoms with Crippen molar-refractivity contribution in [1.29, 1.82) is 0 Å². The Labute approximate surface area is 609 Å². The van der Waals surface area contributed by atoms with Gasteiger partial charge in [-0.1, -0.05) is 44.9 Å². The maximum atomic E-state index is 7.17. The summed E-state index contributed by atoms with van der Waals surface area (Å²) >= 11 is 61.7. The van der Waals surface area contributed by atoms with Gasteiger partial charge in [0.05, 0.1) is 31.0 Å². The van der Waals surface area contributed by atoms with E-state index in [0.717, 1.165) is 38.5 Å². The Hall–Kier alpha value is 7.48. The fraction of sp³-hybridized carbons (Fsp3) is 1.00. The zero-order valence-electron chi connectivity index (χ0n) is 54.3. The topological polar surface area (TPSA) is 138 Å². The minimum Gasteiger partial charge on any atom is -0.373 e. The van der Waals surface area contributed by atoms with Gasteiger partial charge < -0.3 is 66.4 Å². The third-order valence-corrected chi connectivity index (χ3v) is 99.1. The van der Waals surface area contributed by atoms with Gasteiger partial charge in [0.15, 0.2) is 0 Å². The molecular weight excluding hydrogens is 1590 g/mol. The molecule has 0 heterocycles. The maximum absolute atomic E-state index is 7.17. The Morgan fingerprint density at radius 2 is 0.506 bits per heavy atom. The minimum absolute atomic E-state index is 0.142. The predicted octanol–water partition coefficient (Wildman–Crippen LogP) is 18.9. The van der Waals surface area contributed by atoms with Gasteiger partial charge in [0, 0.05) is 104 Å². The largest absolute Gasteiger partial charge is 0.511 e. The number of rotatable bonds is 50. The van der Waals surface area contributed by atoms with Crippen LogP contribution in [-0.4, -0.2) is 183 Å². The van der Waals surface area contributed by atoms with Gasteiger partial charge in [-0.3, -0.25) is 0 Å². The summed E-state index contributed by atoms with van der Waals surface area (Å²) in [6.07, 6.45) is 7.22. The molecule has 0 saturated heterocycles. The molecule has 6 unspecified atom stereocenters. The summed E-state index contributed by atoms with van der Waals surface area (Å²) in [7, 11) is -27.8. The van der Waals surface area contributed by atoms with Gasteiger partial charge in [0.25, 0.3) is 0 Å². The summed E-state index contributed by atoms with van der Waals surface area (Å²) in [6.45, 7) is 34.1. The van der Waals surface area contributed by atoms with Gasteiger partial charge in [-0.2, -0.15) is 0 Å². The van der Waals surface area contributed by atoms with Gasteiger partial charge in [-0.15, -0.1) is 157 Å². The quantitative estimate of drug-likeness (QED) is 0.0160. The van der Waals surface area contributed by atoms with E-state index in [2.05, 4.69) is 0 Å². The molecule has 0 bridgehead atoms. The summed E-state index contributed by atoms with van der Waals surface area (Å²) < 4.78 is 104. The number of hydrogen-bond acceptors (Lipinski definition) is 30. The second-order valence-corrected chi connectivity index (χ2v) is 77.8. The van der Waals surface area contributed by atoms with Crippen LogP contribution in [0, 0.1) is 0 Å². The maximum Gasteiger partial charge on any atom is 0.511 e. The van der Waals surface area contributed by atoms with Crippen LogP contribution in [0.25, 0.3) is 0 Å². The molecule has 0 radical (unpaired) electrons. The monoisotopic (exact) mass is 1700 g/mol. The molecule has 532 valence electrons. The van der Waals surface area contributed by atoms with Crippen molar-refractivity contribution in [2.45, 2.75) is 175 Å². The molecule has 1 aliphatic carbocycles. The van der Waals surface area contributed by atoms with Crippen LogP contribution in [0.1, 0.15) is 162 Å². The molecule has 15 nitrogen and oxygen atoms in total. The van der Waals surface area contributed by atoms with Crippen LogP contribution in [0.2, 0.25) is 0 Å². The lowest BCUT2D eigenvalue weighted by Crippen LogP contribution is -2.71. The van der Waals surface area contributed by atoms with Gasteiger partial charge >= 0.3 is 44.0 Å². The molecule has 1 aliphatic rings. The molecule has 40 heteroatoms. The van der Waals surface area contributed by atoms with E-state index in [9.17, 15) is 0 Å². The number of thiol groups is 10. The zero-order chi connectivity index (χ0) is 66.2. The van der Waals surface area contributed by atoms with Crippen LogP contribution in [0.15, 0.2) is 0 Å². The number of hydrogen-bond donors (Lipinski definition) is 10. The van der Waals surface area contributed by atoms with Crippen LogP contribution >= 0.6 is 206 Å². The van der Waals surface area contributed by atoms with E-state index < -0.39 is 97.9 Å². The van der Waals surface area contributed by atoms with Gasteiger partial charge in [0.1, 0.15) is 4.08 Å². The second-order valence-electron chi connectivity index (χ2n) is 19.2. The molecule has 6 atom stereocenters. The normalized spacial score (nSPS) is 24.6. The van der Waals surface area contributed by atoms with E-state index in [-0.39, 0.29) is 66.5 Å². The third kappa shape index (κ3) is 23.5. The first kappa shape index (κ1) is 92.5. The summed E-state index contributed by atoms with van der Waals surface area (Å²) in [4.78, 5) is 0. The first-order valence-corrected chi connectivity index (χ1v) is 66.1. The molecule has 87 heavy (non-hydrogen) atoms. The predicted molar refractivity (Wildman–Crippen MR) is 444 cm³/mol. The lowest BCUT2D eigenvalue weighted by atomic mass is 9.99. The average Bonchev–Trinajstić information content (AvgIpc) is 0.650. The van der Waals surface area contributed by atoms with Crippen LogP contribution in [0.5, 0.6) is 0 Å². The SMILES string of the molecule is CCO[Si](CS(S)(SS)C1CCCCCCCCCC(S(S)(C[Si](OCC)(OCC)OCC)SS)(S(S)(C[Si](OCC)(OCC)OCC)SS)C1(S(S)(C[Si](OCC)(OCC)OCC)SS)S(S)(C[Si](OCC)(OCC)OCC)SS)(OCC)OCC. The third-order valence-electron chi connectivity index (χ3n) is 13.8. The van der Waals surface area contributed by atoms with Crippen LogP contribution in [0.4, 0.5) is 0 Å². The van der Waals surface area contributed by atoms with Gasteiger partial charge in [-0.25, -0.2) is 0 Å². The zero-order valence-corrected chi connectivity index (χ0v) is 76.4. The van der Waals surface area contributed by atoms with Crippen molar-refractivity contribution in [1.82, 2.24) is 0 Å². The van der Waals surface area contributed by atoms with Crippen LogP contribution < -0.4 is 0 Å². The van der Waals surface area contributed by atoms with E-state index in [1.807, 2.05) is 104 Å². The van der Waals surface area contributed by atoms with Crippen molar-refractivity contribution >= 4 is 250 Å². The van der Waals surface area contributed by atoms with Crippen LogP contribution in [-0.2, 0) is 66.4 Å². The molecule has 1 saturated carbocycles. The highest BCUT2D eigenvalue weighted by molar-refractivity contribution is 9.45. The minimum atomic E-state index is -3.97. The molecule has 0 aromatic rings. The molecular formula is C47H114O15S20Si5. The van der Waals surface area contributed by atoms with Crippen molar-refractivity contribution in [3.63, 3.8) is 0 Å². The second kappa shape index (κ2) is 46.3. The lowest BCUT2D eigenvalue weighted by molar-refractivity contribution is 0.0759. The Kier molecular flexibility index (Phi) is 49.2. The fourth-order valence-electron chi connectivity index (χ4n) is 11.4. The standard InChI is InChI=1S/C47H114O15S20Si5/c1-16-48-83(49-17-2,50-18-3)40-78(68,73-63)45-38-36-34-32-31-33-35-37-39-46(79(69,74-64)41-84(51-19-4,52-20-5)53-21-6,80(70,75-65)42-85(54-22-7,55-23-8)56-24-9)47(45,81(71,76-66)43-86(57-25-10,58-26-11)59-27-12)82(72,77-67)44-87(60-28-13,61-29-14)62-30-15/h45,63-72H,16-44H2,1-15H3. The smallest absolute Gasteiger partial charge is 0.373 e. The molecule has 0 spiro atoms. The van der Waals surface area contributed by atoms with Gasteiger partial charge in [-0.05, 0) is 166 Å². The van der Waals surface area contributed by atoms with Crippen molar-refractivity contribution in [2.24, 2.45) is 0 Å². The summed E-state index contributed by atoms with van der Waals surface area (Å²) in [5, 5.41) is 0.246. The van der Waals surface area contributed by atoms with E-state index in [1.54, 1.807) is 0 Å². The Bertz CT molecular complexity index is 1680. The molecule has 0 amide bonds. The summed E-state index contributed by atoms with van der Waals surface area (Å²) in [5.74, 6) is 0. The molecule has 1 rings (SSSR count). The average molecular weight is 1700 g/mol. The Morgan fingerprint density at radius 3 is 0.724 bits per heavy atom. The lowest BCUT2D eigenvalue weighted by Gasteiger charge is -2.79. The van der Waals surface area contributed by atoms with Crippen molar-refractivity contribution in [3.05, 3.63) is 0 Å². The van der Waals surface area contributed by atoms with Crippen molar-refractivity contribution in [3.8, 4) is 0 Å². The highest BCUT2D eigenvalue weighted by Gasteiger charge is 2.83. The first-order chi connectivity index (χ1) is 41.3. The van der Waals surface area contributed by atoms with Crippen molar-refractivity contribution in [2.75, 3.05) is 126 Å². The molecule has 0 N–H and O–H groups in total. The van der Waals surface area contributed by atoms with E-state index >= 15 is 0 Å². The molecule has 1 fully saturated rings. The summed E-state index contributed by atoms with van der Waals surface area (Å²) in [5.41, 5.74) is 0. The fourth-order valence-corrected chi connectivity index (χ4v) is 114.